The molecule has 0 aliphatic heterocycles. The number of thioether (sulfide) groups is 1. The fourth-order valence-electron chi connectivity index (χ4n) is 1.71. The van der Waals surface area contributed by atoms with Crippen LogP contribution in [0, 0.1) is 22.7 Å². The summed E-state index contributed by atoms with van der Waals surface area (Å²) < 4.78 is 0. The number of aromatic hydroxyl groups is 1. The highest BCUT2D eigenvalue weighted by Crippen LogP contribution is 2.27. The summed E-state index contributed by atoms with van der Waals surface area (Å²) in [4.78, 5) is 15.9. The number of pyridine rings is 1. The third-order valence-corrected chi connectivity index (χ3v) is 4.14. The molecule has 0 saturated carbocycles. The lowest BCUT2D eigenvalue weighted by Crippen LogP contribution is -2.14. The fourth-order valence-corrected chi connectivity index (χ4v) is 2.59. The summed E-state index contributed by atoms with van der Waals surface area (Å²) in [6.45, 7) is 0. The Labute approximate surface area is 146 Å². The summed E-state index contributed by atoms with van der Waals surface area (Å²) in [6, 6.07) is 9.41. The number of anilines is 2. The molecule has 1 aromatic heterocycles. The lowest BCUT2D eigenvalue weighted by Gasteiger charge is -2.07. The Morgan fingerprint density at radius 2 is 2.04 bits per heavy atom. The number of hydrogen-bond acceptors (Lipinski definition) is 7. The average molecular weight is 360 g/mol. The number of carbonyl (C=O) groups is 1. The Balaban J connectivity index is 2.06. The Morgan fingerprint density at radius 3 is 2.67 bits per heavy atom. The van der Waals surface area contributed by atoms with Crippen LogP contribution in [-0.4, -0.2) is 21.8 Å². The van der Waals surface area contributed by atoms with Gasteiger partial charge in [0.1, 0.15) is 28.7 Å². The highest BCUT2D eigenvalue weighted by Gasteiger charge is 2.13. The zero-order valence-electron chi connectivity index (χ0n) is 12.1. The molecule has 1 amide bonds. The standard InChI is InChI=1S/C15H10ClN5O2S/c16-11-2-1-10(4-12(11)22)20-13(23)7-24-15-9(6-18)3-8(5-17)14(19)21-15/h1-4,22H,7H2,(H2,19,21)(H,20,23). The molecule has 0 radical (unpaired) electrons. The van der Waals surface area contributed by atoms with E-state index in [1.54, 1.807) is 6.07 Å². The van der Waals surface area contributed by atoms with Gasteiger partial charge in [-0.2, -0.15) is 10.5 Å². The second-order valence-corrected chi connectivity index (χ2v) is 5.87. The van der Waals surface area contributed by atoms with Gasteiger partial charge in [0.2, 0.25) is 5.91 Å². The van der Waals surface area contributed by atoms with E-state index in [2.05, 4.69) is 10.3 Å². The van der Waals surface area contributed by atoms with Gasteiger partial charge in [-0.15, -0.1) is 0 Å². The minimum absolute atomic E-state index is 0.00188. The Bertz CT molecular complexity index is 889. The van der Waals surface area contributed by atoms with Gasteiger partial charge in [0.25, 0.3) is 0 Å². The number of amides is 1. The predicted molar refractivity (Wildman–Crippen MR) is 90.5 cm³/mol. The SMILES string of the molecule is N#Cc1cc(C#N)c(SCC(=O)Nc2ccc(Cl)c(O)c2)nc1N. The van der Waals surface area contributed by atoms with Gasteiger partial charge in [-0.1, -0.05) is 23.4 Å². The number of nitrogens with zero attached hydrogens (tertiary/aromatic N) is 3. The summed E-state index contributed by atoms with van der Waals surface area (Å²) in [5, 5.41) is 30.5. The van der Waals surface area contributed by atoms with Crippen molar-refractivity contribution in [2.75, 3.05) is 16.8 Å². The highest BCUT2D eigenvalue weighted by molar-refractivity contribution is 8.00. The van der Waals surface area contributed by atoms with Gasteiger partial charge in [-0.25, -0.2) is 4.98 Å². The molecule has 0 saturated heterocycles. The van der Waals surface area contributed by atoms with Crippen LogP contribution in [0.5, 0.6) is 5.75 Å². The van der Waals surface area contributed by atoms with E-state index in [0.29, 0.717) is 5.69 Å². The van der Waals surface area contributed by atoms with Gasteiger partial charge in [0, 0.05) is 11.8 Å². The number of nitrogen functional groups attached to an aromatic ring is 1. The molecule has 0 atom stereocenters. The van der Waals surface area contributed by atoms with Crippen LogP contribution >= 0.6 is 23.4 Å². The van der Waals surface area contributed by atoms with E-state index < -0.39 is 0 Å². The van der Waals surface area contributed by atoms with E-state index in [-0.39, 0.29) is 44.4 Å². The van der Waals surface area contributed by atoms with Crippen molar-refractivity contribution >= 4 is 40.8 Å². The molecule has 0 aliphatic rings. The van der Waals surface area contributed by atoms with Crippen LogP contribution < -0.4 is 11.1 Å². The van der Waals surface area contributed by atoms with Crippen molar-refractivity contribution in [1.82, 2.24) is 4.98 Å². The average Bonchev–Trinajstić information content (AvgIpc) is 2.56. The molecule has 4 N–H and O–H groups in total. The number of benzene rings is 1. The number of aromatic nitrogens is 1. The van der Waals surface area contributed by atoms with Crippen LogP contribution in [-0.2, 0) is 4.79 Å². The van der Waals surface area contributed by atoms with Gasteiger partial charge >= 0.3 is 0 Å². The molecule has 0 bridgehead atoms. The molecule has 0 unspecified atom stereocenters. The van der Waals surface area contributed by atoms with Gasteiger partial charge in [0.15, 0.2) is 0 Å². The van der Waals surface area contributed by atoms with Crippen molar-refractivity contribution in [2.24, 2.45) is 0 Å². The fraction of sp³-hybridized carbons (Fsp3) is 0.0667. The second-order valence-electron chi connectivity index (χ2n) is 4.50. The van der Waals surface area contributed by atoms with Crippen molar-refractivity contribution in [1.29, 1.82) is 10.5 Å². The van der Waals surface area contributed by atoms with Crippen molar-refractivity contribution < 1.29 is 9.90 Å². The minimum Gasteiger partial charge on any atom is -0.506 e. The monoisotopic (exact) mass is 359 g/mol. The lowest BCUT2D eigenvalue weighted by molar-refractivity contribution is -0.113. The largest absolute Gasteiger partial charge is 0.506 e. The third kappa shape index (κ3) is 4.07. The first-order chi connectivity index (χ1) is 11.4. The first-order valence-corrected chi connectivity index (χ1v) is 7.83. The molecule has 9 heteroatoms. The van der Waals surface area contributed by atoms with Crippen LogP contribution in [0.2, 0.25) is 5.02 Å². The maximum atomic E-state index is 11.9. The molecular weight excluding hydrogens is 350 g/mol. The Hall–Kier alpha value is -2.94. The van der Waals surface area contributed by atoms with E-state index in [4.69, 9.17) is 27.9 Å². The van der Waals surface area contributed by atoms with E-state index in [0.717, 1.165) is 11.8 Å². The molecule has 2 rings (SSSR count). The van der Waals surface area contributed by atoms with Crippen molar-refractivity contribution in [3.63, 3.8) is 0 Å². The van der Waals surface area contributed by atoms with E-state index in [1.165, 1.54) is 18.2 Å². The van der Waals surface area contributed by atoms with Crippen LogP contribution in [0.3, 0.4) is 0 Å². The van der Waals surface area contributed by atoms with Crippen molar-refractivity contribution in [3.05, 3.63) is 40.4 Å². The van der Waals surface area contributed by atoms with Crippen LogP contribution in [0.1, 0.15) is 11.1 Å². The van der Waals surface area contributed by atoms with Crippen LogP contribution in [0.25, 0.3) is 0 Å². The topological polar surface area (TPSA) is 136 Å². The number of nitrogens with one attached hydrogen (secondary N) is 1. The number of nitriles is 2. The number of hydrogen-bond donors (Lipinski definition) is 3. The van der Waals surface area contributed by atoms with Crippen molar-refractivity contribution in [2.45, 2.75) is 5.03 Å². The molecule has 24 heavy (non-hydrogen) atoms. The molecular formula is C15H10ClN5O2S. The Kier molecular flexibility index (Phi) is 5.48. The summed E-state index contributed by atoms with van der Waals surface area (Å²) >= 11 is 6.71. The molecule has 7 nitrogen and oxygen atoms in total. The first kappa shape index (κ1) is 17.4. The maximum absolute atomic E-state index is 11.9. The number of halogens is 1. The summed E-state index contributed by atoms with van der Waals surface area (Å²) in [5.74, 6) is -0.538. The smallest absolute Gasteiger partial charge is 0.234 e. The third-order valence-electron chi connectivity index (χ3n) is 2.83. The number of carbonyl (C=O) groups excluding carboxylic acids is 1. The molecule has 0 aliphatic carbocycles. The zero-order chi connectivity index (χ0) is 17.7. The number of phenols is 1. The Morgan fingerprint density at radius 1 is 1.33 bits per heavy atom. The van der Waals surface area contributed by atoms with Crippen LogP contribution in [0.4, 0.5) is 11.5 Å². The molecule has 2 aromatic rings. The van der Waals surface area contributed by atoms with Gasteiger partial charge in [0.05, 0.1) is 21.9 Å². The highest BCUT2D eigenvalue weighted by atomic mass is 35.5. The second kappa shape index (κ2) is 7.55. The van der Waals surface area contributed by atoms with Gasteiger partial charge < -0.3 is 16.2 Å². The quantitative estimate of drug-likeness (QED) is 0.713. The van der Waals surface area contributed by atoms with Gasteiger partial charge in [-0.3, -0.25) is 4.79 Å². The summed E-state index contributed by atoms with van der Waals surface area (Å²) in [6.07, 6.45) is 0. The molecule has 1 aromatic carbocycles. The number of phenolic OH excluding ortho intramolecular Hbond substituents is 1. The predicted octanol–water partition coefficient (Wildman–Crippen LogP) is 2.50. The summed E-state index contributed by atoms with van der Waals surface area (Å²) in [7, 11) is 0. The molecule has 0 fully saturated rings. The lowest BCUT2D eigenvalue weighted by atomic mass is 10.2. The van der Waals surface area contributed by atoms with E-state index >= 15 is 0 Å². The summed E-state index contributed by atoms with van der Waals surface area (Å²) in [5.41, 5.74) is 6.28. The minimum atomic E-state index is -0.365. The maximum Gasteiger partial charge on any atom is 0.234 e. The zero-order valence-corrected chi connectivity index (χ0v) is 13.6. The molecule has 120 valence electrons. The van der Waals surface area contributed by atoms with Crippen molar-refractivity contribution in [3.8, 4) is 17.9 Å². The molecule has 1 heterocycles. The van der Waals surface area contributed by atoms with Gasteiger partial charge in [-0.05, 0) is 18.2 Å². The van der Waals surface area contributed by atoms with E-state index in [1.807, 2.05) is 12.1 Å². The normalized spacial score (nSPS) is 9.79. The van der Waals surface area contributed by atoms with E-state index in [9.17, 15) is 9.90 Å². The first-order valence-electron chi connectivity index (χ1n) is 6.46. The number of nitrogens with two attached hydrogens (primary N) is 1. The number of rotatable bonds is 4. The van der Waals surface area contributed by atoms with Crippen LogP contribution in [0.15, 0.2) is 29.3 Å². The molecule has 0 spiro atoms.